The standard InChI is InChI=1S/C2H7ClNSi/c1-4(2)5-3/h5H,1-2H3. The first-order valence-corrected chi connectivity index (χ1v) is 3.63. The maximum Gasteiger partial charge on any atom is 0.232 e. The molecule has 0 aromatic rings. The molecule has 0 aliphatic rings. The second-order valence-electron chi connectivity index (χ2n) is 1.06. The van der Waals surface area contributed by atoms with Crippen molar-refractivity contribution in [3.05, 3.63) is 0 Å². The summed E-state index contributed by atoms with van der Waals surface area (Å²) in [7, 11) is 3.96. The molecule has 0 amide bonds. The quantitative estimate of drug-likeness (QED) is 0.339. The van der Waals surface area contributed by atoms with Crippen LogP contribution in [-0.2, 0) is 0 Å². The van der Waals surface area contributed by atoms with Crippen LogP contribution in [0.4, 0.5) is 0 Å². The third-order valence-corrected chi connectivity index (χ3v) is 1.76. The van der Waals surface area contributed by atoms with E-state index in [0.29, 0.717) is 0 Å². The third kappa shape index (κ3) is 4.47. The van der Waals surface area contributed by atoms with Crippen molar-refractivity contribution < 1.29 is 0 Å². The summed E-state index contributed by atoms with van der Waals surface area (Å²) in [6, 6.07) is 0. The van der Waals surface area contributed by atoms with Crippen LogP contribution in [0.25, 0.3) is 0 Å². The average Bonchev–Trinajstić information content (AvgIpc) is 1.38. The van der Waals surface area contributed by atoms with E-state index in [4.69, 9.17) is 11.1 Å². The highest BCUT2D eigenvalue weighted by Crippen LogP contribution is 1.69. The zero-order valence-corrected chi connectivity index (χ0v) is 5.31. The lowest BCUT2D eigenvalue weighted by molar-refractivity contribution is 0.673. The molecule has 0 N–H and O–H groups in total. The van der Waals surface area contributed by atoms with Gasteiger partial charge in [0.25, 0.3) is 0 Å². The summed E-state index contributed by atoms with van der Waals surface area (Å²) in [5, 5.41) is 0. The lowest BCUT2D eigenvalue weighted by Gasteiger charge is -1.96. The van der Waals surface area contributed by atoms with Crippen molar-refractivity contribution in [2.75, 3.05) is 14.1 Å². The Balaban J connectivity index is 2.54. The first-order valence-electron chi connectivity index (χ1n) is 1.37. The van der Waals surface area contributed by atoms with Crippen LogP contribution in [-0.4, -0.2) is 27.7 Å². The van der Waals surface area contributed by atoms with Crippen LogP contribution in [0.1, 0.15) is 0 Å². The SMILES string of the molecule is CN(C)[SiH]Cl. The van der Waals surface area contributed by atoms with E-state index in [2.05, 4.69) is 0 Å². The number of hydrogen-bond donors (Lipinski definition) is 0. The molecule has 5 heavy (non-hydrogen) atoms. The van der Waals surface area contributed by atoms with Gasteiger partial charge in [-0.15, -0.1) is 0 Å². The summed E-state index contributed by atoms with van der Waals surface area (Å²) in [5.41, 5.74) is 0. The fourth-order valence-electron chi connectivity index (χ4n) is 0. The Morgan fingerprint density at radius 2 is 1.80 bits per heavy atom. The van der Waals surface area contributed by atoms with Gasteiger partial charge in [0, 0.05) is 0 Å². The molecule has 0 aliphatic carbocycles. The molecule has 1 nitrogen and oxygen atoms in total. The largest absolute Gasteiger partial charge is 0.320 e. The van der Waals surface area contributed by atoms with Gasteiger partial charge in [-0.3, -0.25) is 0 Å². The smallest absolute Gasteiger partial charge is 0.232 e. The minimum Gasteiger partial charge on any atom is -0.320 e. The van der Waals surface area contributed by atoms with Crippen LogP contribution < -0.4 is 0 Å². The van der Waals surface area contributed by atoms with Crippen LogP contribution in [0, 0.1) is 0 Å². The Morgan fingerprint density at radius 1 is 1.60 bits per heavy atom. The molecule has 0 aromatic carbocycles. The molecule has 0 spiro atoms. The third-order valence-electron chi connectivity index (χ3n) is 0.195. The Morgan fingerprint density at radius 3 is 1.80 bits per heavy atom. The lowest BCUT2D eigenvalue weighted by Crippen LogP contribution is -2.10. The monoisotopic (exact) mass is 108 g/mol. The molecule has 0 rings (SSSR count). The zero-order valence-electron chi connectivity index (χ0n) is 3.40. The normalized spacial score (nSPS) is 9.60. The van der Waals surface area contributed by atoms with Crippen LogP contribution in [0.5, 0.6) is 0 Å². The molecule has 0 bridgehead atoms. The molecule has 1 radical (unpaired) electrons. The summed E-state index contributed by atoms with van der Waals surface area (Å²) < 4.78 is 1.97. The first-order chi connectivity index (χ1) is 2.27. The van der Waals surface area contributed by atoms with Gasteiger partial charge in [-0.25, -0.2) is 0 Å². The first kappa shape index (κ1) is 5.47. The summed E-state index contributed by atoms with van der Waals surface area (Å²) in [6.45, 7) is 0. The van der Waals surface area contributed by atoms with Gasteiger partial charge in [0.15, 0.2) is 0 Å². The number of nitrogens with zero attached hydrogens (tertiary/aromatic N) is 1. The molecular weight excluding hydrogens is 102 g/mol. The molecular formula is C2H7ClNSi. The van der Waals surface area contributed by atoms with Gasteiger partial charge in [0.05, 0.1) is 0 Å². The molecule has 0 atom stereocenters. The van der Waals surface area contributed by atoms with Crippen molar-refractivity contribution in [1.82, 2.24) is 4.57 Å². The van der Waals surface area contributed by atoms with Crippen molar-refractivity contribution in [2.45, 2.75) is 0 Å². The fraction of sp³-hybridized carbons (Fsp3) is 1.00. The number of rotatable bonds is 1. The van der Waals surface area contributed by atoms with Gasteiger partial charge in [-0.2, -0.15) is 11.1 Å². The van der Waals surface area contributed by atoms with Gasteiger partial charge in [0.1, 0.15) is 0 Å². The second kappa shape index (κ2) is 2.69. The maximum atomic E-state index is 5.35. The molecule has 0 saturated heterocycles. The predicted molar refractivity (Wildman–Crippen MR) is 26.7 cm³/mol. The highest BCUT2D eigenvalue weighted by Gasteiger charge is 1.78. The molecule has 0 heterocycles. The van der Waals surface area contributed by atoms with E-state index < -0.39 is 0 Å². The Kier molecular flexibility index (Phi) is 2.94. The van der Waals surface area contributed by atoms with E-state index in [0.717, 1.165) is 0 Å². The van der Waals surface area contributed by atoms with E-state index in [9.17, 15) is 0 Å². The molecule has 0 fully saturated rings. The van der Waals surface area contributed by atoms with Crippen LogP contribution in [0.3, 0.4) is 0 Å². The van der Waals surface area contributed by atoms with E-state index in [1.54, 1.807) is 0 Å². The van der Waals surface area contributed by atoms with Crippen molar-refractivity contribution in [3.63, 3.8) is 0 Å². The summed E-state index contributed by atoms with van der Waals surface area (Å²) >= 11 is 5.35. The molecule has 3 heteroatoms. The van der Waals surface area contributed by atoms with Crippen molar-refractivity contribution >= 4 is 20.1 Å². The summed E-state index contributed by atoms with van der Waals surface area (Å²) in [4.78, 5) is 0. The minimum absolute atomic E-state index is 0.0370. The highest BCUT2D eigenvalue weighted by atomic mass is 35.6. The van der Waals surface area contributed by atoms with Gasteiger partial charge in [-0.1, -0.05) is 0 Å². The molecule has 31 valence electrons. The van der Waals surface area contributed by atoms with Gasteiger partial charge in [0.2, 0.25) is 8.99 Å². The zero-order chi connectivity index (χ0) is 4.28. The second-order valence-corrected chi connectivity index (χ2v) is 2.87. The van der Waals surface area contributed by atoms with Gasteiger partial charge >= 0.3 is 0 Å². The Labute approximate surface area is 39.5 Å². The van der Waals surface area contributed by atoms with Crippen LogP contribution >= 0.6 is 11.1 Å². The summed E-state index contributed by atoms with van der Waals surface area (Å²) in [6.07, 6.45) is 0. The average molecular weight is 109 g/mol. The predicted octanol–water partition coefficient (Wildman–Crippen LogP) is 0.0533. The van der Waals surface area contributed by atoms with Crippen molar-refractivity contribution in [1.29, 1.82) is 0 Å². The maximum absolute atomic E-state index is 5.35. The minimum atomic E-state index is 0.0370. The van der Waals surface area contributed by atoms with Gasteiger partial charge in [-0.05, 0) is 14.1 Å². The molecule has 0 aromatic heterocycles. The fourth-order valence-corrected chi connectivity index (χ4v) is 0. The van der Waals surface area contributed by atoms with Crippen LogP contribution in [0.15, 0.2) is 0 Å². The number of halogens is 1. The van der Waals surface area contributed by atoms with Crippen molar-refractivity contribution in [3.8, 4) is 0 Å². The Hall–Kier alpha value is 0.467. The topological polar surface area (TPSA) is 3.24 Å². The Bertz CT molecular complexity index is 23.6. The molecule has 0 saturated carbocycles. The van der Waals surface area contributed by atoms with Crippen LogP contribution in [0.2, 0.25) is 0 Å². The van der Waals surface area contributed by atoms with Gasteiger partial charge < -0.3 is 4.57 Å². The van der Waals surface area contributed by atoms with E-state index in [1.165, 1.54) is 0 Å². The van der Waals surface area contributed by atoms with E-state index in [1.807, 2.05) is 18.7 Å². The molecule has 0 aliphatic heterocycles. The molecule has 0 unspecified atom stereocenters. The van der Waals surface area contributed by atoms with E-state index >= 15 is 0 Å². The summed E-state index contributed by atoms with van der Waals surface area (Å²) in [5.74, 6) is 0. The number of hydrogen-bond acceptors (Lipinski definition) is 1. The lowest BCUT2D eigenvalue weighted by atomic mass is 11.3. The van der Waals surface area contributed by atoms with Crippen molar-refractivity contribution in [2.24, 2.45) is 0 Å². The highest BCUT2D eigenvalue weighted by molar-refractivity contribution is 6.91. The van der Waals surface area contributed by atoms with E-state index in [-0.39, 0.29) is 8.99 Å².